The van der Waals surface area contributed by atoms with Crippen LogP contribution in [-0.2, 0) is 0 Å². The van der Waals surface area contributed by atoms with E-state index in [0.29, 0.717) is 0 Å². The Morgan fingerprint density at radius 1 is 1.54 bits per heavy atom. The van der Waals surface area contributed by atoms with Crippen molar-refractivity contribution in [3.63, 3.8) is 0 Å². The topological polar surface area (TPSA) is 50.2 Å². The van der Waals surface area contributed by atoms with Gasteiger partial charge in [0.05, 0.1) is 10.2 Å². The summed E-state index contributed by atoms with van der Waals surface area (Å²) < 4.78 is 2.01. The van der Waals surface area contributed by atoms with E-state index in [1.54, 1.807) is 0 Å². The molecule has 0 spiro atoms. The standard InChI is InChI=1S/C8H4INO2S/c9-4-1-2-5-6(3-4)13-7(10-5)8(11)12/h1-3H,(H,11,12). The van der Waals surface area contributed by atoms with Crippen LogP contribution in [0.5, 0.6) is 0 Å². The van der Waals surface area contributed by atoms with Crippen LogP contribution in [0.2, 0.25) is 0 Å². The van der Waals surface area contributed by atoms with Crippen molar-refractivity contribution in [1.29, 1.82) is 0 Å². The van der Waals surface area contributed by atoms with Gasteiger partial charge >= 0.3 is 5.97 Å². The molecule has 3 nitrogen and oxygen atoms in total. The van der Waals surface area contributed by atoms with Gasteiger partial charge in [-0.3, -0.25) is 0 Å². The van der Waals surface area contributed by atoms with Crippen LogP contribution >= 0.6 is 33.9 Å². The summed E-state index contributed by atoms with van der Waals surface area (Å²) in [6.45, 7) is 0. The number of thiazole rings is 1. The lowest BCUT2D eigenvalue weighted by Crippen LogP contribution is -1.93. The smallest absolute Gasteiger partial charge is 0.365 e. The first-order chi connectivity index (χ1) is 6.16. The zero-order chi connectivity index (χ0) is 9.42. The predicted molar refractivity (Wildman–Crippen MR) is 59.3 cm³/mol. The van der Waals surface area contributed by atoms with Crippen LogP contribution in [0.4, 0.5) is 0 Å². The predicted octanol–water partition coefficient (Wildman–Crippen LogP) is 2.60. The van der Waals surface area contributed by atoms with Crippen molar-refractivity contribution in [1.82, 2.24) is 4.98 Å². The maximum atomic E-state index is 10.6. The molecule has 0 radical (unpaired) electrons. The largest absolute Gasteiger partial charge is 0.476 e. The normalized spacial score (nSPS) is 10.5. The number of carboxylic acids is 1. The molecule has 0 saturated heterocycles. The third-order valence-corrected chi connectivity index (χ3v) is 3.21. The van der Waals surface area contributed by atoms with Crippen LogP contribution in [0.15, 0.2) is 18.2 Å². The highest BCUT2D eigenvalue weighted by molar-refractivity contribution is 14.1. The lowest BCUT2D eigenvalue weighted by atomic mass is 10.3. The molecule has 1 heterocycles. The molecule has 1 aromatic heterocycles. The van der Waals surface area contributed by atoms with Gasteiger partial charge in [0.2, 0.25) is 5.01 Å². The van der Waals surface area contributed by atoms with Crippen LogP contribution in [0, 0.1) is 3.57 Å². The van der Waals surface area contributed by atoms with Crippen molar-refractivity contribution in [3.8, 4) is 0 Å². The summed E-state index contributed by atoms with van der Waals surface area (Å²) in [7, 11) is 0. The Labute approximate surface area is 91.6 Å². The zero-order valence-electron chi connectivity index (χ0n) is 6.32. The molecule has 1 N–H and O–H groups in total. The number of hydrogen-bond acceptors (Lipinski definition) is 3. The second-order valence-corrected chi connectivity index (χ2v) is 4.71. The highest BCUT2D eigenvalue weighted by atomic mass is 127. The van der Waals surface area contributed by atoms with Gasteiger partial charge in [0.1, 0.15) is 0 Å². The number of nitrogens with zero attached hydrogens (tertiary/aromatic N) is 1. The maximum Gasteiger partial charge on any atom is 0.365 e. The molecule has 5 heteroatoms. The molecule has 0 amide bonds. The van der Waals surface area contributed by atoms with Crippen molar-refractivity contribution in [3.05, 3.63) is 26.8 Å². The molecule has 13 heavy (non-hydrogen) atoms. The fourth-order valence-electron chi connectivity index (χ4n) is 0.990. The monoisotopic (exact) mass is 305 g/mol. The lowest BCUT2D eigenvalue weighted by molar-refractivity contribution is 0.0696. The molecule has 0 aliphatic rings. The van der Waals surface area contributed by atoms with Gasteiger partial charge in [-0.05, 0) is 40.8 Å². The highest BCUT2D eigenvalue weighted by Crippen LogP contribution is 2.23. The van der Waals surface area contributed by atoms with E-state index in [1.165, 1.54) is 11.3 Å². The number of rotatable bonds is 1. The number of hydrogen-bond donors (Lipinski definition) is 1. The van der Waals surface area contributed by atoms with E-state index in [2.05, 4.69) is 27.6 Å². The Kier molecular flexibility index (Phi) is 2.20. The van der Waals surface area contributed by atoms with E-state index < -0.39 is 5.97 Å². The molecule has 1 aromatic carbocycles. The van der Waals surface area contributed by atoms with Crippen LogP contribution in [-0.4, -0.2) is 16.1 Å². The summed E-state index contributed by atoms with van der Waals surface area (Å²) in [5, 5.41) is 8.85. The average molecular weight is 305 g/mol. The van der Waals surface area contributed by atoms with Gasteiger partial charge in [-0.15, -0.1) is 11.3 Å². The Balaban J connectivity index is 2.68. The summed E-state index contributed by atoms with van der Waals surface area (Å²) in [5.41, 5.74) is 0.753. The van der Waals surface area contributed by atoms with Gasteiger partial charge in [0, 0.05) is 3.57 Å². The number of carboxylic acid groups (broad SMARTS) is 1. The molecule has 0 aliphatic heterocycles. The minimum absolute atomic E-state index is 0.150. The number of halogens is 1. The van der Waals surface area contributed by atoms with Crippen molar-refractivity contribution < 1.29 is 9.90 Å². The first kappa shape index (κ1) is 8.89. The molecule has 2 aromatic rings. The molecule has 66 valence electrons. The van der Waals surface area contributed by atoms with E-state index in [4.69, 9.17) is 5.11 Å². The number of carbonyl (C=O) groups is 1. The molecule has 0 saturated carbocycles. The highest BCUT2D eigenvalue weighted by Gasteiger charge is 2.09. The summed E-state index contributed by atoms with van der Waals surface area (Å²) in [5.74, 6) is -0.962. The van der Waals surface area contributed by atoms with E-state index in [1.807, 2.05) is 18.2 Å². The number of aromatic nitrogens is 1. The van der Waals surface area contributed by atoms with Crippen molar-refractivity contribution in [2.24, 2.45) is 0 Å². The molecule has 0 unspecified atom stereocenters. The summed E-state index contributed by atoms with van der Waals surface area (Å²) >= 11 is 3.39. The van der Waals surface area contributed by atoms with E-state index in [0.717, 1.165) is 13.8 Å². The van der Waals surface area contributed by atoms with Crippen molar-refractivity contribution in [2.45, 2.75) is 0 Å². The fourth-order valence-corrected chi connectivity index (χ4v) is 2.54. The van der Waals surface area contributed by atoms with Crippen molar-refractivity contribution in [2.75, 3.05) is 0 Å². The third kappa shape index (κ3) is 1.66. The Bertz CT molecular complexity index is 480. The summed E-state index contributed by atoms with van der Waals surface area (Å²) in [6.07, 6.45) is 0. The number of aromatic carboxylic acids is 1. The Morgan fingerprint density at radius 3 is 3.00 bits per heavy atom. The second-order valence-electron chi connectivity index (χ2n) is 2.44. The van der Waals surface area contributed by atoms with Crippen LogP contribution in [0.1, 0.15) is 9.80 Å². The number of fused-ring (bicyclic) bond motifs is 1. The third-order valence-electron chi connectivity index (χ3n) is 1.53. The lowest BCUT2D eigenvalue weighted by Gasteiger charge is -1.86. The Hall–Kier alpha value is -0.690. The maximum absolute atomic E-state index is 10.6. The van der Waals surface area contributed by atoms with Crippen LogP contribution < -0.4 is 0 Å². The van der Waals surface area contributed by atoms with E-state index in [9.17, 15) is 4.79 Å². The fraction of sp³-hybridized carbons (Fsp3) is 0. The molecule has 0 fully saturated rings. The van der Waals surface area contributed by atoms with Crippen LogP contribution in [0.3, 0.4) is 0 Å². The number of benzene rings is 1. The first-order valence-corrected chi connectivity index (χ1v) is 5.36. The van der Waals surface area contributed by atoms with Crippen LogP contribution in [0.25, 0.3) is 10.2 Å². The quantitative estimate of drug-likeness (QED) is 0.824. The zero-order valence-corrected chi connectivity index (χ0v) is 9.29. The van der Waals surface area contributed by atoms with Crippen molar-refractivity contribution >= 4 is 50.1 Å². The van der Waals surface area contributed by atoms with Gasteiger partial charge in [0.15, 0.2) is 0 Å². The van der Waals surface area contributed by atoms with Gasteiger partial charge in [0.25, 0.3) is 0 Å². The summed E-state index contributed by atoms with van der Waals surface area (Å²) in [4.78, 5) is 14.6. The SMILES string of the molecule is O=C(O)c1nc2ccc(I)cc2s1. The Morgan fingerprint density at radius 2 is 2.31 bits per heavy atom. The molecule has 0 bridgehead atoms. The van der Waals surface area contributed by atoms with E-state index in [-0.39, 0.29) is 5.01 Å². The van der Waals surface area contributed by atoms with Gasteiger partial charge in [-0.2, -0.15) is 0 Å². The van der Waals surface area contributed by atoms with Gasteiger partial charge < -0.3 is 5.11 Å². The molecule has 0 atom stereocenters. The van der Waals surface area contributed by atoms with Gasteiger partial charge in [-0.25, -0.2) is 9.78 Å². The second kappa shape index (κ2) is 3.22. The van der Waals surface area contributed by atoms with Gasteiger partial charge in [-0.1, -0.05) is 0 Å². The molecular formula is C8H4INO2S. The molecular weight excluding hydrogens is 301 g/mol. The van der Waals surface area contributed by atoms with E-state index >= 15 is 0 Å². The molecule has 0 aliphatic carbocycles. The first-order valence-electron chi connectivity index (χ1n) is 3.46. The minimum atomic E-state index is -0.962. The minimum Gasteiger partial charge on any atom is -0.476 e. The average Bonchev–Trinajstić information content (AvgIpc) is 2.46. The molecule has 2 rings (SSSR count). The summed E-state index contributed by atoms with van der Waals surface area (Å²) in [6, 6.07) is 5.67.